The van der Waals surface area contributed by atoms with E-state index in [-0.39, 0.29) is 0 Å². The molecule has 0 atom stereocenters. The number of allylic oxidation sites excluding steroid dienone is 4. The third-order valence-electron chi connectivity index (χ3n) is 11.4. The topological polar surface area (TPSA) is 58.9 Å². The Labute approximate surface area is 362 Å². The number of anilines is 2. The van der Waals surface area contributed by atoms with E-state index in [4.69, 9.17) is 15.7 Å². The van der Waals surface area contributed by atoms with Crippen molar-refractivity contribution in [1.29, 1.82) is 0 Å². The van der Waals surface area contributed by atoms with Crippen molar-refractivity contribution >= 4 is 50.4 Å². The van der Waals surface area contributed by atoms with E-state index in [1.165, 1.54) is 21.8 Å². The number of hydrogen-bond acceptors (Lipinski definition) is 2. The zero-order valence-electron chi connectivity index (χ0n) is 34.1. The zero-order chi connectivity index (χ0) is 41.8. The monoisotopic (exact) mass is 797 g/mol. The summed E-state index contributed by atoms with van der Waals surface area (Å²) in [6.07, 6.45) is 8.23. The normalized spacial score (nSPS) is 14.1. The first-order valence-electron chi connectivity index (χ1n) is 20.8. The predicted octanol–water partition coefficient (Wildman–Crippen LogP) is 13.7. The largest absolute Gasteiger partial charge is 0.383 e. The summed E-state index contributed by atoms with van der Waals surface area (Å²) < 4.78 is 2.35. The van der Waals surface area contributed by atoms with Gasteiger partial charge in [-0.1, -0.05) is 158 Å². The van der Waals surface area contributed by atoms with Crippen molar-refractivity contribution in [2.24, 2.45) is 15.7 Å². The molecular formula is C57H43N5. The number of fused-ring (bicyclic) bond motifs is 4. The van der Waals surface area contributed by atoms with E-state index >= 15 is 0 Å². The van der Waals surface area contributed by atoms with Crippen molar-refractivity contribution in [3.05, 3.63) is 253 Å². The molecule has 10 rings (SSSR count). The molecule has 62 heavy (non-hydrogen) atoms. The maximum Gasteiger partial charge on any atom is 0.157 e. The molecule has 0 unspecified atom stereocenters. The first-order valence-corrected chi connectivity index (χ1v) is 20.8. The SMILES string of the molecule is C=C1/C=C\C=C/N(c2ccc(-c3cc(C(N=C(N)c4ccccc4)=NCc4ccccc4)cc(-c4ccc(-n5c6ccccc6c6ccccc65)cc4)c3)cc2)c2ccccc21. The first kappa shape index (κ1) is 38.0. The van der Waals surface area contributed by atoms with Crippen LogP contribution in [0.2, 0.25) is 0 Å². The Balaban J connectivity index is 1.10. The number of aromatic nitrogens is 1. The number of rotatable bonds is 8. The summed E-state index contributed by atoms with van der Waals surface area (Å²) in [7, 11) is 0. The first-order chi connectivity index (χ1) is 30.6. The second-order valence-electron chi connectivity index (χ2n) is 15.4. The van der Waals surface area contributed by atoms with Crippen molar-refractivity contribution < 1.29 is 0 Å². The summed E-state index contributed by atoms with van der Waals surface area (Å²) in [6.45, 7) is 4.78. The van der Waals surface area contributed by atoms with E-state index in [9.17, 15) is 0 Å². The number of benzene rings is 8. The quantitative estimate of drug-likeness (QED) is 0.123. The van der Waals surface area contributed by atoms with E-state index in [0.29, 0.717) is 18.2 Å². The second kappa shape index (κ2) is 16.8. The summed E-state index contributed by atoms with van der Waals surface area (Å²) in [4.78, 5) is 12.4. The second-order valence-corrected chi connectivity index (χ2v) is 15.4. The smallest absolute Gasteiger partial charge is 0.157 e. The van der Waals surface area contributed by atoms with Gasteiger partial charge in [0.05, 0.1) is 23.3 Å². The third-order valence-corrected chi connectivity index (χ3v) is 11.4. The van der Waals surface area contributed by atoms with Gasteiger partial charge in [0.25, 0.3) is 0 Å². The number of para-hydroxylation sites is 3. The molecule has 8 aromatic carbocycles. The predicted molar refractivity (Wildman–Crippen MR) is 261 cm³/mol. The molecule has 0 bridgehead atoms. The number of nitrogens with zero attached hydrogens (tertiary/aromatic N) is 4. The van der Waals surface area contributed by atoms with E-state index in [1.54, 1.807) is 0 Å². The summed E-state index contributed by atoms with van der Waals surface area (Å²) in [5.41, 5.74) is 21.4. The summed E-state index contributed by atoms with van der Waals surface area (Å²) in [6, 6.07) is 69.9. The van der Waals surface area contributed by atoms with Gasteiger partial charge in [-0.15, -0.1) is 0 Å². The Morgan fingerprint density at radius 2 is 1.08 bits per heavy atom. The Morgan fingerprint density at radius 1 is 0.516 bits per heavy atom. The van der Waals surface area contributed by atoms with Gasteiger partial charge in [0.2, 0.25) is 0 Å². The van der Waals surface area contributed by atoms with Gasteiger partial charge < -0.3 is 15.2 Å². The maximum atomic E-state index is 6.74. The average molecular weight is 798 g/mol. The molecule has 1 aromatic heterocycles. The van der Waals surface area contributed by atoms with Crippen LogP contribution < -0.4 is 10.6 Å². The van der Waals surface area contributed by atoms with Crippen LogP contribution in [0, 0.1) is 0 Å². The molecule has 1 aliphatic heterocycles. The number of aliphatic imine (C=N–C) groups is 2. The fourth-order valence-corrected chi connectivity index (χ4v) is 8.29. The van der Waals surface area contributed by atoms with Crippen molar-refractivity contribution in [3.63, 3.8) is 0 Å². The van der Waals surface area contributed by atoms with Gasteiger partial charge in [0.1, 0.15) is 5.84 Å². The highest BCUT2D eigenvalue weighted by molar-refractivity contribution is 6.12. The van der Waals surface area contributed by atoms with Crippen LogP contribution in [0.4, 0.5) is 11.4 Å². The minimum atomic E-state index is 0.406. The Kier molecular flexibility index (Phi) is 10.3. The van der Waals surface area contributed by atoms with Crippen molar-refractivity contribution in [2.45, 2.75) is 6.54 Å². The molecule has 0 saturated heterocycles. The van der Waals surface area contributed by atoms with Crippen LogP contribution in [-0.4, -0.2) is 16.2 Å². The molecule has 0 radical (unpaired) electrons. The van der Waals surface area contributed by atoms with E-state index in [1.807, 2.05) is 60.7 Å². The minimum Gasteiger partial charge on any atom is -0.383 e. The van der Waals surface area contributed by atoms with Crippen molar-refractivity contribution in [2.75, 3.05) is 4.90 Å². The molecule has 0 amide bonds. The van der Waals surface area contributed by atoms with Crippen LogP contribution in [0.15, 0.2) is 241 Å². The zero-order valence-corrected chi connectivity index (χ0v) is 34.1. The molecule has 0 aliphatic carbocycles. The van der Waals surface area contributed by atoms with Crippen LogP contribution >= 0.6 is 0 Å². The molecule has 5 heteroatoms. The molecule has 0 spiro atoms. The molecule has 296 valence electrons. The fraction of sp³-hybridized carbons (Fsp3) is 0.0175. The van der Waals surface area contributed by atoms with Crippen LogP contribution in [0.5, 0.6) is 0 Å². The summed E-state index contributed by atoms with van der Waals surface area (Å²) in [5.74, 6) is 0.968. The summed E-state index contributed by atoms with van der Waals surface area (Å²) >= 11 is 0. The maximum absolute atomic E-state index is 6.74. The molecule has 5 nitrogen and oxygen atoms in total. The highest BCUT2D eigenvalue weighted by atomic mass is 15.1. The summed E-state index contributed by atoms with van der Waals surface area (Å²) in [5, 5.41) is 2.48. The molecule has 1 aliphatic rings. The van der Waals surface area contributed by atoms with Gasteiger partial charge >= 0.3 is 0 Å². The lowest BCUT2D eigenvalue weighted by molar-refractivity contribution is 1.06. The lowest BCUT2D eigenvalue weighted by Gasteiger charge is -2.25. The van der Waals surface area contributed by atoms with E-state index in [0.717, 1.165) is 67.1 Å². The van der Waals surface area contributed by atoms with Crippen LogP contribution in [-0.2, 0) is 6.54 Å². The van der Waals surface area contributed by atoms with Gasteiger partial charge in [-0.25, -0.2) is 4.99 Å². The molecular weight excluding hydrogens is 755 g/mol. The number of nitrogens with two attached hydrogens (primary N) is 1. The molecule has 2 heterocycles. The standard InChI is InChI=1S/C57H43N5/c1-40-16-14-15-35-61(53-24-11-8-21-50(40)53)48-31-27-42(28-32-48)45-36-46(43-29-33-49(34-30-43)62-54-25-12-9-22-51(54)52-23-10-13-26-55(52)62)38-47(37-45)57(59-39-41-17-4-2-5-18-41)60-56(58)44-19-6-3-7-20-44/h2-38H,1,39H2,(H2,58,59,60)/b16-14-,35-15-. The van der Waals surface area contributed by atoms with Crippen LogP contribution in [0.1, 0.15) is 22.3 Å². The lowest BCUT2D eigenvalue weighted by atomic mass is 9.95. The number of amidine groups is 2. The van der Waals surface area contributed by atoms with E-state index < -0.39 is 0 Å². The Hall–Kier alpha value is -8.28. The van der Waals surface area contributed by atoms with Crippen molar-refractivity contribution in [3.8, 4) is 27.9 Å². The van der Waals surface area contributed by atoms with E-state index in [2.05, 4.69) is 180 Å². The Morgan fingerprint density at radius 3 is 1.74 bits per heavy atom. The Bertz CT molecular complexity index is 3150. The molecule has 2 N–H and O–H groups in total. The van der Waals surface area contributed by atoms with Crippen molar-refractivity contribution in [1.82, 2.24) is 4.57 Å². The van der Waals surface area contributed by atoms with Crippen LogP contribution in [0.25, 0.3) is 55.3 Å². The highest BCUT2D eigenvalue weighted by Crippen LogP contribution is 2.37. The average Bonchev–Trinajstić information content (AvgIpc) is 3.67. The molecule has 0 fully saturated rings. The fourth-order valence-electron chi connectivity index (χ4n) is 8.29. The van der Waals surface area contributed by atoms with Crippen LogP contribution in [0.3, 0.4) is 0 Å². The minimum absolute atomic E-state index is 0.406. The van der Waals surface area contributed by atoms with Gasteiger partial charge in [0.15, 0.2) is 5.84 Å². The number of hydrogen-bond donors (Lipinski definition) is 1. The molecule has 9 aromatic rings. The molecule has 0 saturated carbocycles. The highest BCUT2D eigenvalue weighted by Gasteiger charge is 2.17. The van der Waals surface area contributed by atoms with Gasteiger partial charge in [-0.2, -0.15) is 0 Å². The third kappa shape index (κ3) is 7.55. The van der Waals surface area contributed by atoms with Gasteiger partial charge in [-0.05, 0) is 100 Å². The van der Waals surface area contributed by atoms with Gasteiger partial charge in [0, 0.05) is 45.0 Å². The lowest BCUT2D eigenvalue weighted by Crippen LogP contribution is -2.16. The van der Waals surface area contributed by atoms with Gasteiger partial charge in [-0.3, -0.25) is 4.99 Å².